The molecule has 0 amide bonds. The van der Waals surface area contributed by atoms with Crippen molar-refractivity contribution in [1.29, 1.82) is 0 Å². The van der Waals surface area contributed by atoms with Crippen molar-refractivity contribution in [2.75, 3.05) is 0 Å². The van der Waals surface area contributed by atoms with Gasteiger partial charge in [0.25, 0.3) is 0 Å². The maximum atomic E-state index is 4.46. The molecule has 0 aliphatic carbocycles. The largest absolute Gasteiger partial charge is 0.346 e. The first-order chi connectivity index (χ1) is 9.38. The van der Waals surface area contributed by atoms with Crippen molar-refractivity contribution in [1.82, 2.24) is 9.97 Å². The normalized spacial score (nSPS) is 10.8. The minimum Gasteiger partial charge on any atom is -0.346 e. The van der Waals surface area contributed by atoms with Gasteiger partial charge >= 0.3 is 0 Å². The summed E-state index contributed by atoms with van der Waals surface area (Å²) in [6.07, 6.45) is 10.3. The molecule has 0 saturated carbocycles. The van der Waals surface area contributed by atoms with Crippen LogP contribution in [0.5, 0.6) is 0 Å². The van der Waals surface area contributed by atoms with Gasteiger partial charge in [0, 0.05) is 18.3 Å². The van der Waals surface area contributed by atoms with E-state index < -0.39 is 0 Å². The van der Waals surface area contributed by atoms with Crippen LogP contribution in [0.25, 0.3) is 0 Å². The summed E-state index contributed by atoms with van der Waals surface area (Å²) in [6.45, 7) is 2.23. The van der Waals surface area contributed by atoms with Gasteiger partial charge in [-0.2, -0.15) is 0 Å². The Hall–Kier alpha value is -1.57. The highest BCUT2D eigenvalue weighted by molar-refractivity contribution is 5.15. The van der Waals surface area contributed by atoms with E-state index in [-0.39, 0.29) is 0 Å². The summed E-state index contributed by atoms with van der Waals surface area (Å²) in [5, 5.41) is 0. The van der Waals surface area contributed by atoms with Crippen LogP contribution in [0, 0.1) is 0 Å². The molecule has 1 N–H and O–H groups in total. The van der Waals surface area contributed by atoms with Gasteiger partial charge in [-0.25, -0.2) is 4.98 Å². The Bertz CT molecular complexity index is 459. The van der Waals surface area contributed by atoms with Gasteiger partial charge in [0.15, 0.2) is 0 Å². The molecule has 0 fully saturated rings. The van der Waals surface area contributed by atoms with Crippen LogP contribution in [0.4, 0.5) is 0 Å². The molecule has 2 heteroatoms. The molecule has 0 bridgehead atoms. The molecular weight excluding hydrogens is 232 g/mol. The first-order valence-corrected chi connectivity index (χ1v) is 7.45. The predicted molar refractivity (Wildman–Crippen MR) is 80.3 cm³/mol. The van der Waals surface area contributed by atoms with Crippen LogP contribution < -0.4 is 0 Å². The van der Waals surface area contributed by atoms with Gasteiger partial charge in [0.05, 0.1) is 0 Å². The number of aryl methyl sites for hydroxylation is 3. The summed E-state index contributed by atoms with van der Waals surface area (Å²) in [4.78, 5) is 7.91. The molecule has 19 heavy (non-hydrogen) atoms. The molecule has 0 unspecified atom stereocenters. The second-order valence-corrected chi connectivity index (χ2v) is 5.15. The molecule has 1 heterocycles. The summed E-state index contributed by atoms with van der Waals surface area (Å²) in [5.41, 5.74) is 2.70. The standard InChI is InChI=1S/C17H24N2/c1-2-3-5-13-17-18-14-16(19-17)12-8-11-15-9-6-4-7-10-15/h4,6-7,9-10,14H,2-3,5,8,11-13H2,1H3,(H,18,19). The fraction of sp³-hybridized carbons (Fsp3) is 0.471. The molecule has 0 aliphatic heterocycles. The maximum absolute atomic E-state index is 4.46. The van der Waals surface area contributed by atoms with Gasteiger partial charge < -0.3 is 4.98 Å². The van der Waals surface area contributed by atoms with Crippen molar-refractivity contribution in [3.63, 3.8) is 0 Å². The zero-order valence-corrected chi connectivity index (χ0v) is 11.9. The molecule has 0 atom stereocenters. The van der Waals surface area contributed by atoms with Gasteiger partial charge in [-0.15, -0.1) is 0 Å². The zero-order valence-electron chi connectivity index (χ0n) is 11.9. The molecule has 2 nitrogen and oxygen atoms in total. The number of nitrogens with zero attached hydrogens (tertiary/aromatic N) is 1. The third-order valence-corrected chi connectivity index (χ3v) is 3.45. The molecule has 2 aromatic rings. The molecule has 1 aromatic heterocycles. The monoisotopic (exact) mass is 256 g/mol. The average Bonchev–Trinajstić information content (AvgIpc) is 2.88. The Kier molecular flexibility index (Phi) is 5.67. The molecule has 2 rings (SSSR count). The highest BCUT2D eigenvalue weighted by Gasteiger charge is 2.01. The molecule has 0 spiro atoms. The zero-order chi connectivity index (χ0) is 13.3. The summed E-state index contributed by atoms with van der Waals surface area (Å²) >= 11 is 0. The van der Waals surface area contributed by atoms with E-state index in [0.29, 0.717) is 0 Å². The van der Waals surface area contributed by atoms with E-state index in [1.54, 1.807) is 0 Å². The van der Waals surface area contributed by atoms with E-state index in [9.17, 15) is 0 Å². The topological polar surface area (TPSA) is 28.7 Å². The van der Waals surface area contributed by atoms with Crippen LogP contribution >= 0.6 is 0 Å². The lowest BCUT2D eigenvalue weighted by Crippen LogP contribution is -1.92. The van der Waals surface area contributed by atoms with E-state index in [2.05, 4.69) is 47.2 Å². The lowest BCUT2D eigenvalue weighted by molar-refractivity contribution is 0.696. The SMILES string of the molecule is CCCCCc1ncc(CCCc2ccccc2)[nH]1. The van der Waals surface area contributed by atoms with Crippen molar-refractivity contribution in [3.05, 3.63) is 53.6 Å². The number of rotatable bonds is 8. The number of aromatic nitrogens is 2. The number of unbranched alkanes of at least 4 members (excludes halogenated alkanes) is 2. The van der Waals surface area contributed by atoms with Gasteiger partial charge in [0.2, 0.25) is 0 Å². The van der Waals surface area contributed by atoms with E-state index in [0.717, 1.165) is 25.1 Å². The van der Waals surface area contributed by atoms with Crippen LogP contribution in [-0.2, 0) is 19.3 Å². The molecule has 0 saturated heterocycles. The number of benzene rings is 1. The van der Waals surface area contributed by atoms with Gasteiger partial charge in [-0.05, 0) is 31.2 Å². The van der Waals surface area contributed by atoms with Crippen molar-refractivity contribution >= 4 is 0 Å². The van der Waals surface area contributed by atoms with Crippen molar-refractivity contribution < 1.29 is 0 Å². The Balaban J connectivity index is 1.71. The Morgan fingerprint density at radius 3 is 2.58 bits per heavy atom. The van der Waals surface area contributed by atoms with E-state index >= 15 is 0 Å². The highest BCUT2D eigenvalue weighted by Crippen LogP contribution is 2.08. The van der Waals surface area contributed by atoms with Gasteiger partial charge in [-0.1, -0.05) is 50.1 Å². The molecule has 0 aliphatic rings. The molecule has 0 radical (unpaired) electrons. The van der Waals surface area contributed by atoms with E-state index in [1.807, 2.05) is 6.20 Å². The Morgan fingerprint density at radius 2 is 1.79 bits per heavy atom. The fourth-order valence-electron chi connectivity index (χ4n) is 2.33. The number of imidazole rings is 1. The first kappa shape index (κ1) is 13.9. The van der Waals surface area contributed by atoms with Crippen molar-refractivity contribution in [3.8, 4) is 0 Å². The maximum Gasteiger partial charge on any atom is 0.106 e. The third kappa shape index (κ3) is 4.90. The minimum atomic E-state index is 1.09. The van der Waals surface area contributed by atoms with Gasteiger partial charge in [-0.3, -0.25) is 0 Å². The summed E-state index contributed by atoms with van der Waals surface area (Å²) in [6, 6.07) is 10.7. The number of nitrogens with one attached hydrogen (secondary N) is 1. The quantitative estimate of drug-likeness (QED) is 0.700. The van der Waals surface area contributed by atoms with Crippen LogP contribution in [-0.4, -0.2) is 9.97 Å². The summed E-state index contributed by atoms with van der Waals surface area (Å²) < 4.78 is 0. The predicted octanol–water partition coefficient (Wildman–Crippen LogP) is 4.32. The van der Waals surface area contributed by atoms with Gasteiger partial charge in [0.1, 0.15) is 5.82 Å². The van der Waals surface area contributed by atoms with Crippen LogP contribution in [0.1, 0.15) is 49.7 Å². The number of H-pyrrole nitrogens is 1. The third-order valence-electron chi connectivity index (χ3n) is 3.45. The van der Waals surface area contributed by atoms with Crippen LogP contribution in [0.15, 0.2) is 36.5 Å². The smallest absolute Gasteiger partial charge is 0.106 e. The van der Waals surface area contributed by atoms with Crippen molar-refractivity contribution in [2.24, 2.45) is 0 Å². The summed E-state index contributed by atoms with van der Waals surface area (Å²) in [5.74, 6) is 1.16. The number of aromatic amines is 1. The molecular formula is C17H24N2. The van der Waals surface area contributed by atoms with E-state index in [1.165, 1.54) is 36.9 Å². The highest BCUT2D eigenvalue weighted by atomic mass is 14.9. The van der Waals surface area contributed by atoms with Crippen molar-refractivity contribution in [2.45, 2.75) is 51.9 Å². The average molecular weight is 256 g/mol. The fourth-order valence-corrected chi connectivity index (χ4v) is 2.33. The Morgan fingerprint density at radius 1 is 0.947 bits per heavy atom. The number of hydrogen-bond donors (Lipinski definition) is 1. The second-order valence-electron chi connectivity index (χ2n) is 5.15. The lowest BCUT2D eigenvalue weighted by Gasteiger charge is -2.00. The minimum absolute atomic E-state index is 1.09. The lowest BCUT2D eigenvalue weighted by atomic mass is 10.1. The van der Waals surface area contributed by atoms with Crippen LogP contribution in [0.3, 0.4) is 0 Å². The Labute approximate surface area is 116 Å². The molecule has 102 valence electrons. The summed E-state index contributed by atoms with van der Waals surface area (Å²) in [7, 11) is 0. The first-order valence-electron chi connectivity index (χ1n) is 7.45. The van der Waals surface area contributed by atoms with Crippen LogP contribution in [0.2, 0.25) is 0 Å². The van der Waals surface area contributed by atoms with E-state index in [4.69, 9.17) is 0 Å². The second kappa shape index (κ2) is 7.78. The number of hydrogen-bond acceptors (Lipinski definition) is 1. The molecule has 1 aromatic carbocycles.